The van der Waals surface area contributed by atoms with Crippen LogP contribution in [-0.4, -0.2) is 16.8 Å². The van der Waals surface area contributed by atoms with E-state index in [1.54, 1.807) is 0 Å². The van der Waals surface area contributed by atoms with Crippen molar-refractivity contribution in [2.75, 3.05) is 0 Å². The molecule has 24 heavy (non-hydrogen) atoms. The molecule has 5 heteroatoms. The van der Waals surface area contributed by atoms with E-state index in [1.165, 1.54) is 4.90 Å². The van der Waals surface area contributed by atoms with Crippen molar-refractivity contribution in [3.8, 4) is 0 Å². The van der Waals surface area contributed by atoms with Gasteiger partial charge in [-0.15, -0.1) is 0 Å². The van der Waals surface area contributed by atoms with Gasteiger partial charge in [0, 0.05) is 4.47 Å². The molecule has 1 fully saturated rings. The lowest BCUT2D eigenvalue weighted by Gasteiger charge is -2.33. The van der Waals surface area contributed by atoms with Gasteiger partial charge in [-0.3, -0.25) is 9.69 Å². The maximum Gasteiger partial charge on any atom is 0.325 e. The molecule has 4 nitrogen and oxygen atoms in total. The number of amides is 3. The molecule has 3 amide bonds. The Morgan fingerprint density at radius 2 is 1.96 bits per heavy atom. The number of urea groups is 1. The van der Waals surface area contributed by atoms with Crippen LogP contribution in [0.5, 0.6) is 0 Å². The Balaban J connectivity index is 1.70. The van der Waals surface area contributed by atoms with E-state index in [2.05, 4.69) is 21.2 Å². The number of carbonyl (C=O) groups excluding carboxylic acids is 2. The van der Waals surface area contributed by atoms with Crippen molar-refractivity contribution in [3.05, 3.63) is 69.7 Å². The Bertz CT molecular complexity index is 836. The SMILES string of the molecule is O=C1N[C@]2(CCCc3ccccc32)C(=O)N1Cc1cccc(Br)c1. The van der Waals surface area contributed by atoms with Gasteiger partial charge in [-0.2, -0.15) is 0 Å². The smallest absolute Gasteiger partial charge is 0.319 e. The standard InChI is InChI=1S/C19H17BrN2O2/c20-15-8-3-5-13(11-15)12-22-17(23)19(21-18(22)24)10-4-7-14-6-1-2-9-16(14)19/h1-3,5-6,8-9,11H,4,7,10,12H2,(H,21,24)/t19-/m0/s1. The molecule has 0 aromatic heterocycles. The zero-order chi connectivity index (χ0) is 16.7. The summed E-state index contributed by atoms with van der Waals surface area (Å²) in [4.78, 5) is 27.1. The Morgan fingerprint density at radius 3 is 2.79 bits per heavy atom. The Labute approximate surface area is 149 Å². The molecule has 1 spiro atoms. The molecule has 0 saturated carbocycles. The van der Waals surface area contributed by atoms with E-state index in [9.17, 15) is 9.59 Å². The lowest BCUT2D eigenvalue weighted by molar-refractivity contribution is -0.132. The molecule has 1 aliphatic heterocycles. The quantitative estimate of drug-likeness (QED) is 0.801. The van der Waals surface area contributed by atoms with Crippen LogP contribution < -0.4 is 5.32 Å². The minimum Gasteiger partial charge on any atom is -0.319 e. The summed E-state index contributed by atoms with van der Waals surface area (Å²) in [6, 6.07) is 15.3. The fourth-order valence-corrected chi connectivity index (χ4v) is 4.22. The number of nitrogens with one attached hydrogen (secondary N) is 1. The molecule has 0 bridgehead atoms. The Hall–Kier alpha value is -2.14. The lowest BCUT2D eigenvalue weighted by Crippen LogP contribution is -2.46. The monoisotopic (exact) mass is 384 g/mol. The maximum absolute atomic E-state index is 13.2. The zero-order valence-electron chi connectivity index (χ0n) is 13.1. The normalized spacial score (nSPS) is 22.6. The Morgan fingerprint density at radius 1 is 1.12 bits per heavy atom. The van der Waals surface area contributed by atoms with Gasteiger partial charge in [0.25, 0.3) is 5.91 Å². The second kappa shape index (κ2) is 5.74. The van der Waals surface area contributed by atoms with Crippen LogP contribution in [0.4, 0.5) is 4.79 Å². The van der Waals surface area contributed by atoms with Crippen LogP contribution in [0, 0.1) is 0 Å². The highest BCUT2D eigenvalue weighted by Gasteiger charge is 2.53. The summed E-state index contributed by atoms with van der Waals surface area (Å²) < 4.78 is 0.935. The highest BCUT2D eigenvalue weighted by Crippen LogP contribution is 2.40. The highest BCUT2D eigenvalue weighted by molar-refractivity contribution is 9.10. The molecule has 4 rings (SSSR count). The minimum atomic E-state index is -0.891. The average molecular weight is 385 g/mol. The molecule has 0 radical (unpaired) electrons. The van der Waals surface area contributed by atoms with E-state index < -0.39 is 5.54 Å². The van der Waals surface area contributed by atoms with E-state index in [0.29, 0.717) is 6.42 Å². The van der Waals surface area contributed by atoms with Crippen LogP contribution in [0.2, 0.25) is 0 Å². The van der Waals surface area contributed by atoms with Gasteiger partial charge in [0.05, 0.1) is 6.54 Å². The van der Waals surface area contributed by atoms with Crippen LogP contribution in [0.3, 0.4) is 0 Å². The van der Waals surface area contributed by atoms with Crippen LogP contribution in [0.1, 0.15) is 29.5 Å². The van der Waals surface area contributed by atoms with Crippen LogP contribution in [-0.2, 0) is 23.3 Å². The first kappa shape index (κ1) is 15.4. The molecule has 1 atom stereocenters. The summed E-state index contributed by atoms with van der Waals surface area (Å²) in [7, 11) is 0. The van der Waals surface area contributed by atoms with Crippen molar-refractivity contribution in [2.24, 2.45) is 0 Å². The van der Waals surface area contributed by atoms with Gasteiger partial charge in [-0.25, -0.2) is 4.79 Å². The fraction of sp³-hybridized carbons (Fsp3) is 0.263. The van der Waals surface area contributed by atoms with Gasteiger partial charge in [-0.1, -0.05) is 52.3 Å². The first-order valence-corrected chi connectivity index (χ1v) is 8.86. The van der Waals surface area contributed by atoms with E-state index in [4.69, 9.17) is 0 Å². The summed E-state index contributed by atoms with van der Waals surface area (Å²) in [6.07, 6.45) is 2.50. The van der Waals surface area contributed by atoms with Crippen LogP contribution >= 0.6 is 15.9 Å². The number of fused-ring (bicyclic) bond motifs is 2. The highest BCUT2D eigenvalue weighted by atomic mass is 79.9. The first-order valence-electron chi connectivity index (χ1n) is 8.07. The number of carbonyl (C=O) groups is 2. The molecule has 2 aliphatic rings. The van der Waals surface area contributed by atoms with E-state index in [1.807, 2.05) is 48.5 Å². The predicted octanol–water partition coefficient (Wildman–Crippen LogP) is 3.73. The number of benzene rings is 2. The van der Waals surface area contributed by atoms with Gasteiger partial charge < -0.3 is 5.32 Å². The van der Waals surface area contributed by atoms with E-state index >= 15 is 0 Å². The molecule has 1 heterocycles. The third-order valence-corrected chi connectivity index (χ3v) is 5.37. The van der Waals surface area contributed by atoms with Crippen molar-refractivity contribution in [1.82, 2.24) is 10.2 Å². The van der Waals surface area contributed by atoms with Gasteiger partial charge in [0.2, 0.25) is 0 Å². The molecule has 1 N–H and O–H groups in total. The molecular weight excluding hydrogens is 368 g/mol. The molecule has 0 unspecified atom stereocenters. The fourth-order valence-electron chi connectivity index (χ4n) is 3.77. The summed E-state index contributed by atoms with van der Waals surface area (Å²) >= 11 is 3.43. The molecule has 1 aliphatic carbocycles. The van der Waals surface area contributed by atoms with Crippen LogP contribution in [0.15, 0.2) is 53.0 Å². The van der Waals surface area contributed by atoms with Crippen molar-refractivity contribution >= 4 is 27.9 Å². The lowest BCUT2D eigenvalue weighted by atomic mass is 9.76. The van der Waals surface area contributed by atoms with Crippen molar-refractivity contribution in [1.29, 1.82) is 0 Å². The minimum absolute atomic E-state index is 0.139. The Kier molecular flexibility index (Phi) is 3.68. The molecule has 122 valence electrons. The summed E-state index contributed by atoms with van der Waals surface area (Å²) in [5, 5.41) is 2.99. The zero-order valence-corrected chi connectivity index (χ0v) is 14.7. The molecule has 2 aromatic rings. The summed E-state index contributed by atoms with van der Waals surface area (Å²) in [5.41, 5.74) is 2.14. The van der Waals surface area contributed by atoms with E-state index in [0.717, 1.165) is 34.0 Å². The third kappa shape index (κ3) is 2.35. The van der Waals surface area contributed by atoms with Gasteiger partial charge in [0.1, 0.15) is 5.54 Å². The second-order valence-electron chi connectivity index (χ2n) is 6.37. The number of nitrogens with zero attached hydrogens (tertiary/aromatic N) is 1. The number of aryl methyl sites for hydroxylation is 1. The van der Waals surface area contributed by atoms with Gasteiger partial charge in [0.15, 0.2) is 0 Å². The van der Waals surface area contributed by atoms with Crippen LogP contribution in [0.25, 0.3) is 0 Å². The van der Waals surface area contributed by atoms with E-state index in [-0.39, 0.29) is 18.5 Å². The number of imide groups is 1. The number of rotatable bonds is 2. The molecular formula is C19H17BrN2O2. The predicted molar refractivity (Wildman–Crippen MR) is 94.3 cm³/mol. The average Bonchev–Trinajstić information content (AvgIpc) is 2.80. The van der Waals surface area contributed by atoms with Gasteiger partial charge >= 0.3 is 6.03 Å². The van der Waals surface area contributed by atoms with Crippen molar-refractivity contribution < 1.29 is 9.59 Å². The summed E-state index contributed by atoms with van der Waals surface area (Å²) in [5.74, 6) is -0.139. The maximum atomic E-state index is 13.2. The van der Waals surface area contributed by atoms with Crippen molar-refractivity contribution in [3.63, 3.8) is 0 Å². The number of hydrogen-bond acceptors (Lipinski definition) is 2. The van der Waals surface area contributed by atoms with Crippen molar-refractivity contribution in [2.45, 2.75) is 31.3 Å². The second-order valence-corrected chi connectivity index (χ2v) is 7.28. The number of halogens is 1. The largest absolute Gasteiger partial charge is 0.325 e. The molecule has 1 saturated heterocycles. The van der Waals surface area contributed by atoms with Gasteiger partial charge in [-0.05, 0) is 48.1 Å². The molecule has 2 aromatic carbocycles. The first-order chi connectivity index (χ1) is 11.6. The topological polar surface area (TPSA) is 49.4 Å². The number of hydrogen-bond donors (Lipinski definition) is 1. The summed E-state index contributed by atoms with van der Waals surface area (Å²) in [6.45, 7) is 0.286. The third-order valence-electron chi connectivity index (χ3n) is 4.88.